The molecule has 1 fully saturated rings. The van der Waals surface area contributed by atoms with Gasteiger partial charge in [0, 0.05) is 12.6 Å². The molecule has 1 aliphatic rings. The quantitative estimate of drug-likeness (QED) is 0.751. The minimum Gasteiger partial charge on any atom is -0.387 e. The van der Waals surface area contributed by atoms with Crippen molar-refractivity contribution in [2.24, 2.45) is 5.92 Å². The normalized spacial score (nSPS) is 18.2. The Morgan fingerprint density at radius 1 is 1.15 bits per heavy atom. The van der Waals surface area contributed by atoms with E-state index in [4.69, 9.17) is 0 Å². The smallest absolute Gasteiger partial charge is 0.0914 e. The van der Waals surface area contributed by atoms with E-state index in [1.807, 2.05) is 0 Å². The number of hydrogen-bond acceptors (Lipinski definition) is 2. The van der Waals surface area contributed by atoms with Crippen LogP contribution in [-0.4, -0.2) is 17.7 Å². The highest BCUT2D eigenvalue weighted by Gasteiger charge is 2.24. The molecule has 0 aliphatic heterocycles. The third-order valence-corrected chi connectivity index (χ3v) is 4.40. The first-order valence-corrected chi connectivity index (χ1v) is 8.11. The monoisotopic (exact) mass is 275 g/mol. The van der Waals surface area contributed by atoms with Crippen molar-refractivity contribution in [3.8, 4) is 0 Å². The average Bonchev–Trinajstić information content (AvgIpc) is 3.27. The second-order valence-electron chi connectivity index (χ2n) is 6.53. The number of nitrogens with one attached hydrogen (secondary N) is 1. The lowest BCUT2D eigenvalue weighted by Crippen LogP contribution is -2.32. The van der Waals surface area contributed by atoms with Gasteiger partial charge in [0.1, 0.15) is 0 Å². The molecule has 2 heteroatoms. The molecule has 2 atom stereocenters. The molecule has 0 spiro atoms. The summed E-state index contributed by atoms with van der Waals surface area (Å²) in [5.74, 6) is 1.48. The van der Waals surface area contributed by atoms with Gasteiger partial charge in [-0.05, 0) is 35.8 Å². The Labute approximate surface area is 123 Å². The summed E-state index contributed by atoms with van der Waals surface area (Å²) in [4.78, 5) is 0. The summed E-state index contributed by atoms with van der Waals surface area (Å²) in [6, 6.07) is 8.94. The zero-order chi connectivity index (χ0) is 14.5. The molecule has 0 amide bonds. The van der Waals surface area contributed by atoms with Crippen LogP contribution in [0.3, 0.4) is 0 Å². The zero-order valence-electron chi connectivity index (χ0n) is 13.1. The molecule has 2 nitrogen and oxygen atoms in total. The van der Waals surface area contributed by atoms with Crippen molar-refractivity contribution in [1.82, 2.24) is 5.32 Å². The van der Waals surface area contributed by atoms with E-state index in [1.165, 1.54) is 24.8 Å². The van der Waals surface area contributed by atoms with E-state index in [9.17, 15) is 5.11 Å². The van der Waals surface area contributed by atoms with Gasteiger partial charge >= 0.3 is 0 Å². The second-order valence-corrected chi connectivity index (χ2v) is 6.53. The lowest BCUT2D eigenvalue weighted by molar-refractivity contribution is 0.168. The highest BCUT2D eigenvalue weighted by Crippen LogP contribution is 2.34. The van der Waals surface area contributed by atoms with E-state index >= 15 is 0 Å². The molecule has 1 aromatic carbocycles. The summed E-state index contributed by atoms with van der Waals surface area (Å²) < 4.78 is 0. The predicted molar refractivity (Wildman–Crippen MR) is 84.9 cm³/mol. The number of aliphatic hydroxyl groups excluding tert-OH is 1. The van der Waals surface area contributed by atoms with Crippen LogP contribution in [-0.2, 0) is 0 Å². The maximum absolute atomic E-state index is 10.3. The Hall–Kier alpha value is -0.860. The minimum atomic E-state index is -0.399. The van der Waals surface area contributed by atoms with Crippen LogP contribution in [0.15, 0.2) is 24.3 Å². The summed E-state index contributed by atoms with van der Waals surface area (Å²) in [5, 5.41) is 13.8. The van der Waals surface area contributed by atoms with Crippen LogP contribution >= 0.6 is 0 Å². The number of hydrogen-bond donors (Lipinski definition) is 2. The van der Waals surface area contributed by atoms with Gasteiger partial charge in [-0.25, -0.2) is 0 Å². The van der Waals surface area contributed by atoms with Crippen molar-refractivity contribution in [3.05, 3.63) is 35.4 Å². The third kappa shape index (κ3) is 4.60. The van der Waals surface area contributed by atoms with Crippen LogP contribution < -0.4 is 5.32 Å². The van der Waals surface area contributed by atoms with Crippen molar-refractivity contribution < 1.29 is 5.11 Å². The molecule has 20 heavy (non-hydrogen) atoms. The average molecular weight is 275 g/mol. The van der Waals surface area contributed by atoms with Crippen LogP contribution in [0.25, 0.3) is 0 Å². The Balaban J connectivity index is 1.82. The summed E-state index contributed by atoms with van der Waals surface area (Å²) in [5.41, 5.74) is 2.34. The fourth-order valence-corrected chi connectivity index (χ4v) is 2.65. The van der Waals surface area contributed by atoms with Gasteiger partial charge in [0.15, 0.2) is 0 Å². The summed E-state index contributed by atoms with van der Waals surface area (Å²) in [7, 11) is 0. The second kappa shape index (κ2) is 7.24. The topological polar surface area (TPSA) is 32.3 Å². The zero-order valence-corrected chi connectivity index (χ0v) is 13.1. The number of rotatable bonds is 8. The maximum atomic E-state index is 10.3. The van der Waals surface area contributed by atoms with Crippen molar-refractivity contribution in [2.45, 2.75) is 64.5 Å². The van der Waals surface area contributed by atoms with E-state index in [2.05, 4.69) is 50.4 Å². The van der Waals surface area contributed by atoms with Crippen molar-refractivity contribution in [3.63, 3.8) is 0 Å². The molecule has 0 aromatic heterocycles. The highest BCUT2D eigenvalue weighted by atomic mass is 16.3. The molecular weight excluding hydrogens is 246 g/mol. The van der Waals surface area contributed by atoms with Gasteiger partial charge in [-0.1, -0.05) is 57.9 Å². The molecule has 1 saturated carbocycles. The molecule has 1 aromatic rings. The largest absolute Gasteiger partial charge is 0.387 e. The molecule has 0 heterocycles. The van der Waals surface area contributed by atoms with E-state index in [1.54, 1.807) is 0 Å². The fourth-order valence-electron chi connectivity index (χ4n) is 2.65. The first-order valence-electron chi connectivity index (χ1n) is 8.11. The summed E-state index contributed by atoms with van der Waals surface area (Å²) in [6.07, 6.45) is 4.82. The summed E-state index contributed by atoms with van der Waals surface area (Å²) in [6.45, 7) is 7.27. The van der Waals surface area contributed by atoms with Gasteiger partial charge < -0.3 is 10.4 Å². The number of benzene rings is 1. The van der Waals surface area contributed by atoms with Crippen LogP contribution in [0.1, 0.15) is 69.6 Å². The molecule has 1 aliphatic carbocycles. The molecule has 2 unspecified atom stereocenters. The SMILES string of the molecule is CCC(CC1CC1)NCC(O)c1ccc(C(C)C)cc1. The number of aliphatic hydroxyl groups is 1. The van der Waals surface area contributed by atoms with Crippen molar-refractivity contribution in [2.75, 3.05) is 6.54 Å². The van der Waals surface area contributed by atoms with Crippen LogP contribution in [0.5, 0.6) is 0 Å². The van der Waals surface area contributed by atoms with Crippen molar-refractivity contribution in [1.29, 1.82) is 0 Å². The van der Waals surface area contributed by atoms with Gasteiger partial charge in [-0.2, -0.15) is 0 Å². The summed E-state index contributed by atoms with van der Waals surface area (Å²) >= 11 is 0. The standard InChI is InChI=1S/C18H29NO/c1-4-17(11-14-5-6-14)19-12-18(20)16-9-7-15(8-10-16)13(2)3/h7-10,13-14,17-20H,4-6,11-12H2,1-3H3. The van der Waals surface area contributed by atoms with Gasteiger partial charge in [0.05, 0.1) is 6.10 Å². The van der Waals surface area contributed by atoms with Gasteiger partial charge in [0.25, 0.3) is 0 Å². The highest BCUT2D eigenvalue weighted by molar-refractivity contribution is 5.26. The van der Waals surface area contributed by atoms with Crippen molar-refractivity contribution >= 4 is 0 Å². The first-order chi connectivity index (χ1) is 9.60. The van der Waals surface area contributed by atoms with Gasteiger partial charge in [-0.3, -0.25) is 0 Å². The third-order valence-electron chi connectivity index (χ3n) is 4.40. The lowest BCUT2D eigenvalue weighted by Gasteiger charge is -2.20. The lowest BCUT2D eigenvalue weighted by atomic mass is 9.99. The van der Waals surface area contributed by atoms with E-state index in [0.717, 1.165) is 17.9 Å². The molecule has 0 radical (unpaired) electrons. The van der Waals surface area contributed by atoms with E-state index < -0.39 is 6.10 Å². The Bertz CT molecular complexity index is 394. The Morgan fingerprint density at radius 3 is 2.25 bits per heavy atom. The molecule has 0 saturated heterocycles. The molecule has 112 valence electrons. The molecular formula is C18H29NO. The Morgan fingerprint density at radius 2 is 1.75 bits per heavy atom. The van der Waals surface area contributed by atoms with E-state index in [0.29, 0.717) is 18.5 Å². The van der Waals surface area contributed by atoms with Gasteiger partial charge in [0.2, 0.25) is 0 Å². The maximum Gasteiger partial charge on any atom is 0.0914 e. The molecule has 2 rings (SSSR count). The Kier molecular flexibility index (Phi) is 5.62. The van der Waals surface area contributed by atoms with Crippen LogP contribution in [0.4, 0.5) is 0 Å². The first kappa shape index (κ1) is 15.5. The fraction of sp³-hybridized carbons (Fsp3) is 0.667. The van der Waals surface area contributed by atoms with Gasteiger partial charge in [-0.15, -0.1) is 0 Å². The van der Waals surface area contributed by atoms with Crippen LogP contribution in [0, 0.1) is 5.92 Å². The predicted octanol–water partition coefficient (Wildman–Crippen LogP) is 4.01. The molecule has 0 bridgehead atoms. The van der Waals surface area contributed by atoms with E-state index in [-0.39, 0.29) is 0 Å². The molecule has 2 N–H and O–H groups in total. The van der Waals surface area contributed by atoms with Crippen LogP contribution in [0.2, 0.25) is 0 Å². The minimum absolute atomic E-state index is 0.399.